The molecule has 1 aromatic carbocycles. The summed E-state index contributed by atoms with van der Waals surface area (Å²) in [6.45, 7) is 2.75. The van der Waals surface area contributed by atoms with Crippen LogP contribution in [0, 0.1) is 5.92 Å². The van der Waals surface area contributed by atoms with Crippen LogP contribution in [0.2, 0.25) is 0 Å². The van der Waals surface area contributed by atoms with Crippen molar-refractivity contribution in [2.45, 2.75) is 37.5 Å². The summed E-state index contributed by atoms with van der Waals surface area (Å²) < 4.78 is 24.2. The number of hydrogen-bond donors (Lipinski definition) is 1. The normalized spacial score (nSPS) is 16.1. The van der Waals surface area contributed by atoms with Crippen molar-refractivity contribution in [3.63, 3.8) is 0 Å². The molecule has 0 saturated carbocycles. The van der Waals surface area contributed by atoms with Crippen LogP contribution in [0.25, 0.3) is 0 Å². The summed E-state index contributed by atoms with van der Waals surface area (Å²) >= 11 is 0. The summed E-state index contributed by atoms with van der Waals surface area (Å²) in [5.41, 5.74) is 0.429. The van der Waals surface area contributed by atoms with E-state index < -0.39 is 15.8 Å². The maximum Gasteiger partial charge on any atom is 0.306 e. The zero-order valence-electron chi connectivity index (χ0n) is 13.8. The Morgan fingerprint density at radius 1 is 1.17 bits per heavy atom. The summed E-state index contributed by atoms with van der Waals surface area (Å²) in [6.07, 6.45) is 2.32. The van der Waals surface area contributed by atoms with Crippen LogP contribution in [0.15, 0.2) is 29.2 Å². The molecule has 1 saturated heterocycles. The molecular formula is C17H23NO5S. The third-order valence-electron chi connectivity index (χ3n) is 4.36. The van der Waals surface area contributed by atoms with E-state index in [1.165, 1.54) is 24.3 Å². The first-order valence-electron chi connectivity index (χ1n) is 8.20. The number of likely N-dealkylation sites (tertiary alicyclic amines) is 1. The van der Waals surface area contributed by atoms with E-state index in [4.69, 9.17) is 5.11 Å². The van der Waals surface area contributed by atoms with Crippen molar-refractivity contribution in [2.24, 2.45) is 5.92 Å². The highest BCUT2D eigenvalue weighted by Crippen LogP contribution is 2.20. The maximum atomic E-state index is 12.4. The van der Waals surface area contributed by atoms with E-state index in [-0.39, 0.29) is 22.5 Å². The molecule has 1 aromatic rings. The molecule has 1 heterocycles. The van der Waals surface area contributed by atoms with Crippen LogP contribution in [0.5, 0.6) is 0 Å². The Morgan fingerprint density at radius 2 is 1.75 bits per heavy atom. The van der Waals surface area contributed by atoms with E-state index in [0.29, 0.717) is 37.9 Å². The number of unbranched alkanes of at least 4 members (excludes halogenated alkanes) is 1. The van der Waals surface area contributed by atoms with Gasteiger partial charge in [-0.3, -0.25) is 9.59 Å². The van der Waals surface area contributed by atoms with Crippen LogP contribution in [-0.4, -0.2) is 49.1 Å². The van der Waals surface area contributed by atoms with Crippen molar-refractivity contribution in [3.8, 4) is 0 Å². The van der Waals surface area contributed by atoms with E-state index >= 15 is 0 Å². The molecule has 1 amide bonds. The molecule has 0 atom stereocenters. The maximum absolute atomic E-state index is 12.4. The van der Waals surface area contributed by atoms with Crippen molar-refractivity contribution in [3.05, 3.63) is 29.8 Å². The second-order valence-corrected chi connectivity index (χ2v) is 8.21. The van der Waals surface area contributed by atoms with Gasteiger partial charge in [0.15, 0.2) is 9.84 Å². The van der Waals surface area contributed by atoms with Gasteiger partial charge in [-0.2, -0.15) is 0 Å². The fourth-order valence-corrected chi connectivity index (χ4v) is 4.22. The molecule has 1 aliphatic heterocycles. The Bertz CT molecular complexity index is 688. The number of carboxylic acids is 1. The van der Waals surface area contributed by atoms with Crippen molar-refractivity contribution >= 4 is 21.7 Å². The summed E-state index contributed by atoms with van der Waals surface area (Å²) in [5.74, 6) is -1.28. The average Bonchev–Trinajstić information content (AvgIpc) is 2.59. The van der Waals surface area contributed by atoms with Gasteiger partial charge in [0, 0.05) is 18.7 Å². The lowest BCUT2D eigenvalue weighted by Gasteiger charge is -2.30. The van der Waals surface area contributed by atoms with Gasteiger partial charge in [0.05, 0.1) is 16.6 Å². The Morgan fingerprint density at radius 3 is 2.25 bits per heavy atom. The quantitative estimate of drug-likeness (QED) is 0.846. The van der Waals surface area contributed by atoms with Gasteiger partial charge in [-0.1, -0.05) is 13.3 Å². The molecule has 0 unspecified atom stereocenters. The van der Waals surface area contributed by atoms with Crippen molar-refractivity contribution in [1.82, 2.24) is 4.90 Å². The van der Waals surface area contributed by atoms with Crippen LogP contribution < -0.4 is 0 Å². The zero-order chi connectivity index (χ0) is 17.7. The third kappa shape index (κ3) is 4.35. The lowest BCUT2D eigenvalue weighted by atomic mass is 9.96. The minimum Gasteiger partial charge on any atom is -0.481 e. The molecule has 132 valence electrons. The van der Waals surface area contributed by atoms with Crippen LogP contribution >= 0.6 is 0 Å². The van der Waals surface area contributed by atoms with Crippen LogP contribution in [0.1, 0.15) is 43.0 Å². The number of rotatable bonds is 6. The van der Waals surface area contributed by atoms with E-state index in [0.717, 1.165) is 6.42 Å². The van der Waals surface area contributed by atoms with Gasteiger partial charge in [-0.05, 0) is 43.5 Å². The van der Waals surface area contributed by atoms with Gasteiger partial charge >= 0.3 is 5.97 Å². The standard InChI is InChI=1S/C17H23NO5S/c1-2-3-12-24(22,23)15-6-4-13(5-7-15)16(19)18-10-8-14(9-11-18)17(20)21/h4-7,14H,2-3,8-12H2,1H3,(H,20,21). The number of nitrogens with zero attached hydrogens (tertiary/aromatic N) is 1. The second-order valence-electron chi connectivity index (χ2n) is 6.10. The SMILES string of the molecule is CCCCS(=O)(=O)c1ccc(C(=O)N2CCC(C(=O)O)CC2)cc1. The van der Waals surface area contributed by atoms with Gasteiger partial charge in [0.25, 0.3) is 5.91 Å². The first-order chi connectivity index (χ1) is 11.3. The Balaban J connectivity index is 2.03. The molecule has 1 fully saturated rings. The molecule has 7 heteroatoms. The second kappa shape index (κ2) is 7.79. The van der Waals surface area contributed by atoms with E-state index in [1.807, 2.05) is 6.92 Å². The van der Waals surface area contributed by atoms with Crippen molar-refractivity contribution in [2.75, 3.05) is 18.8 Å². The van der Waals surface area contributed by atoms with Gasteiger partial charge in [0.1, 0.15) is 0 Å². The highest BCUT2D eigenvalue weighted by Gasteiger charge is 2.27. The monoisotopic (exact) mass is 353 g/mol. The molecule has 0 radical (unpaired) electrons. The minimum atomic E-state index is -3.30. The van der Waals surface area contributed by atoms with Crippen molar-refractivity contribution in [1.29, 1.82) is 0 Å². The van der Waals surface area contributed by atoms with Gasteiger partial charge in [-0.15, -0.1) is 0 Å². The first kappa shape index (κ1) is 18.4. The molecule has 24 heavy (non-hydrogen) atoms. The first-order valence-corrected chi connectivity index (χ1v) is 9.85. The number of benzene rings is 1. The number of amides is 1. The summed E-state index contributed by atoms with van der Waals surface area (Å²) in [5, 5.41) is 8.99. The molecule has 1 aliphatic rings. The minimum absolute atomic E-state index is 0.111. The smallest absolute Gasteiger partial charge is 0.306 e. The highest BCUT2D eigenvalue weighted by molar-refractivity contribution is 7.91. The lowest BCUT2D eigenvalue weighted by Crippen LogP contribution is -2.40. The predicted octanol–water partition coefficient (Wildman–Crippen LogP) is 2.20. The molecule has 0 aliphatic carbocycles. The fourth-order valence-electron chi connectivity index (χ4n) is 2.77. The lowest BCUT2D eigenvalue weighted by molar-refractivity contribution is -0.143. The van der Waals surface area contributed by atoms with Crippen molar-refractivity contribution < 1.29 is 23.1 Å². The molecule has 0 aromatic heterocycles. The summed E-state index contributed by atoms with van der Waals surface area (Å²) in [6, 6.07) is 6.01. The predicted molar refractivity (Wildman–Crippen MR) is 89.7 cm³/mol. The summed E-state index contributed by atoms with van der Waals surface area (Å²) in [4.78, 5) is 25.2. The number of piperidine rings is 1. The molecule has 2 rings (SSSR count). The largest absolute Gasteiger partial charge is 0.481 e. The number of carbonyl (C=O) groups excluding carboxylic acids is 1. The van der Waals surface area contributed by atoms with Crippen LogP contribution in [0.4, 0.5) is 0 Å². The summed E-state index contributed by atoms with van der Waals surface area (Å²) in [7, 11) is -3.30. The Hall–Kier alpha value is -1.89. The third-order valence-corrected chi connectivity index (χ3v) is 6.17. The highest BCUT2D eigenvalue weighted by atomic mass is 32.2. The fraction of sp³-hybridized carbons (Fsp3) is 0.529. The van der Waals surface area contributed by atoms with Gasteiger partial charge < -0.3 is 10.0 Å². The Labute approximate surface area is 142 Å². The molecule has 6 nitrogen and oxygen atoms in total. The average molecular weight is 353 g/mol. The molecular weight excluding hydrogens is 330 g/mol. The topological polar surface area (TPSA) is 91.8 Å². The number of hydrogen-bond acceptors (Lipinski definition) is 4. The molecule has 0 bridgehead atoms. The molecule has 1 N–H and O–H groups in total. The van der Waals surface area contributed by atoms with Gasteiger partial charge in [-0.25, -0.2) is 8.42 Å². The van der Waals surface area contributed by atoms with E-state index in [2.05, 4.69) is 0 Å². The van der Waals surface area contributed by atoms with E-state index in [1.54, 1.807) is 4.90 Å². The number of aliphatic carboxylic acids is 1. The van der Waals surface area contributed by atoms with Gasteiger partial charge in [0.2, 0.25) is 0 Å². The zero-order valence-corrected chi connectivity index (χ0v) is 14.6. The van der Waals surface area contributed by atoms with Crippen LogP contribution in [0.3, 0.4) is 0 Å². The van der Waals surface area contributed by atoms with E-state index in [9.17, 15) is 18.0 Å². The molecule has 0 spiro atoms. The number of sulfone groups is 1. The number of carboxylic acid groups (broad SMARTS) is 1. The van der Waals surface area contributed by atoms with Crippen LogP contribution in [-0.2, 0) is 14.6 Å². The Kier molecular flexibility index (Phi) is 5.99. The number of carbonyl (C=O) groups is 2.